The largest absolute Gasteiger partial charge is 0.478 e. The van der Waals surface area contributed by atoms with Gasteiger partial charge in [0, 0.05) is 4.47 Å². The number of carbonyl (C=O) groups is 2. The van der Waals surface area contributed by atoms with Crippen LogP contribution in [0.2, 0.25) is 0 Å². The first kappa shape index (κ1) is 20.6. The highest BCUT2D eigenvalue weighted by atomic mass is 79.9. The Morgan fingerprint density at radius 2 is 1.56 bits per heavy atom. The smallest absolute Gasteiger partial charge is 0.419 e. The lowest BCUT2D eigenvalue weighted by Gasteiger charge is -2.06. The number of benzene rings is 2. The molecule has 0 aromatic heterocycles. The molecule has 0 atom stereocenters. The molecule has 0 unspecified atom stereocenters. The van der Waals surface area contributed by atoms with E-state index in [0.717, 1.165) is 12.1 Å². The van der Waals surface area contributed by atoms with Gasteiger partial charge in [-0.1, -0.05) is 12.1 Å². The van der Waals surface area contributed by atoms with Gasteiger partial charge < -0.3 is 10.2 Å². The summed E-state index contributed by atoms with van der Waals surface area (Å²) in [5.74, 6) is -3.50. The molecule has 2 aromatic rings. The van der Waals surface area contributed by atoms with Crippen LogP contribution in [0.15, 0.2) is 40.9 Å². The van der Waals surface area contributed by atoms with Crippen LogP contribution in [0.3, 0.4) is 0 Å². The maximum Gasteiger partial charge on any atom is 0.419 e. The molecule has 0 heterocycles. The van der Waals surface area contributed by atoms with E-state index >= 15 is 0 Å². The highest BCUT2D eigenvalue weighted by Crippen LogP contribution is 2.30. The fourth-order valence-corrected chi connectivity index (χ4v) is 2.46. The quantitative estimate of drug-likeness (QED) is 0.667. The van der Waals surface area contributed by atoms with Crippen LogP contribution in [-0.2, 0) is 6.18 Å². The molecule has 134 valence electrons. The first-order chi connectivity index (χ1) is 11.5. The second kappa shape index (κ2) is 8.11. The van der Waals surface area contributed by atoms with Crippen LogP contribution < -0.4 is 0 Å². The average Bonchev–Trinajstić information content (AvgIpc) is 2.46. The Bertz CT molecular complexity index is 803. The zero-order chi connectivity index (χ0) is 19.4. The maximum absolute atomic E-state index is 12.4. The standard InChI is InChI=1S/C9H7BrO4.C7H4F4/c1-4-5(8(11)12)2-3-6(10)7(4)9(13)14;8-6-4-2-1-3-5(6)7(9,10)11/h2-3H,1H3,(H,11,12)(H,13,14);1-4H. The lowest BCUT2D eigenvalue weighted by Crippen LogP contribution is -2.07. The van der Waals surface area contributed by atoms with Crippen LogP contribution in [0.4, 0.5) is 17.6 Å². The van der Waals surface area contributed by atoms with Gasteiger partial charge in [-0.2, -0.15) is 13.2 Å². The Balaban J connectivity index is 0.000000257. The van der Waals surface area contributed by atoms with Gasteiger partial charge in [0.25, 0.3) is 0 Å². The molecule has 0 aliphatic heterocycles. The minimum Gasteiger partial charge on any atom is -0.478 e. The molecule has 0 spiro atoms. The predicted octanol–water partition coefficient (Wildman–Crippen LogP) is 5.00. The SMILES string of the molecule is Cc1c(C(=O)O)ccc(Br)c1C(=O)O.Fc1ccccc1C(F)(F)F. The zero-order valence-corrected chi connectivity index (χ0v) is 14.2. The van der Waals surface area contributed by atoms with Crippen LogP contribution in [-0.4, -0.2) is 22.2 Å². The van der Waals surface area contributed by atoms with Crippen molar-refractivity contribution in [3.8, 4) is 0 Å². The Hall–Kier alpha value is -2.42. The summed E-state index contributed by atoms with van der Waals surface area (Å²) in [6.07, 6.45) is -4.59. The number of halogens is 5. The third-order valence-electron chi connectivity index (χ3n) is 3.04. The van der Waals surface area contributed by atoms with Crippen molar-refractivity contribution in [1.82, 2.24) is 0 Å². The monoisotopic (exact) mass is 422 g/mol. The molecule has 2 aromatic carbocycles. The molecule has 0 fully saturated rings. The summed E-state index contributed by atoms with van der Waals surface area (Å²) >= 11 is 3.06. The number of hydrogen-bond acceptors (Lipinski definition) is 2. The third-order valence-corrected chi connectivity index (χ3v) is 3.70. The highest BCUT2D eigenvalue weighted by molar-refractivity contribution is 9.10. The molecular formula is C16H11BrF4O4. The molecule has 0 radical (unpaired) electrons. The van der Waals surface area contributed by atoms with Gasteiger partial charge in [0.1, 0.15) is 5.82 Å². The van der Waals surface area contributed by atoms with Gasteiger partial charge in [-0.05, 0) is 52.7 Å². The van der Waals surface area contributed by atoms with Crippen molar-refractivity contribution < 1.29 is 37.4 Å². The van der Waals surface area contributed by atoms with Crippen molar-refractivity contribution in [3.63, 3.8) is 0 Å². The zero-order valence-electron chi connectivity index (χ0n) is 12.6. The minimum absolute atomic E-state index is 0.00519. The van der Waals surface area contributed by atoms with E-state index < -0.39 is 29.5 Å². The highest BCUT2D eigenvalue weighted by Gasteiger charge is 2.33. The fourth-order valence-electron chi connectivity index (χ4n) is 1.86. The Kier molecular flexibility index (Phi) is 6.69. The molecule has 0 bridgehead atoms. The lowest BCUT2D eigenvalue weighted by molar-refractivity contribution is -0.140. The van der Waals surface area contributed by atoms with E-state index in [9.17, 15) is 27.2 Å². The van der Waals surface area contributed by atoms with E-state index in [0.29, 0.717) is 10.5 Å². The number of carboxylic acid groups (broad SMARTS) is 2. The molecule has 0 saturated heterocycles. The van der Waals surface area contributed by atoms with Crippen molar-refractivity contribution in [3.05, 3.63) is 68.9 Å². The van der Waals surface area contributed by atoms with Gasteiger partial charge in [0.2, 0.25) is 0 Å². The molecule has 0 amide bonds. The predicted molar refractivity (Wildman–Crippen MR) is 84.2 cm³/mol. The van der Waals surface area contributed by atoms with Crippen molar-refractivity contribution in [2.75, 3.05) is 0 Å². The maximum atomic E-state index is 12.4. The summed E-state index contributed by atoms with van der Waals surface area (Å²) in [6, 6.07) is 6.63. The molecule has 0 aliphatic carbocycles. The minimum atomic E-state index is -4.59. The summed E-state index contributed by atoms with van der Waals surface area (Å²) in [5.41, 5.74) is -0.977. The number of carboxylic acids is 2. The van der Waals surface area contributed by atoms with E-state index in [1.54, 1.807) is 0 Å². The molecule has 9 heteroatoms. The molecule has 0 saturated carbocycles. The first-order valence-corrected chi connectivity index (χ1v) is 7.33. The van der Waals surface area contributed by atoms with Crippen molar-refractivity contribution in [2.45, 2.75) is 13.1 Å². The average molecular weight is 423 g/mol. The third kappa shape index (κ3) is 5.28. The van der Waals surface area contributed by atoms with Crippen molar-refractivity contribution in [1.29, 1.82) is 0 Å². The van der Waals surface area contributed by atoms with E-state index in [1.807, 2.05) is 0 Å². The summed E-state index contributed by atoms with van der Waals surface area (Å²) in [7, 11) is 0. The van der Waals surface area contributed by atoms with Gasteiger partial charge in [-0.3, -0.25) is 0 Å². The molecule has 4 nitrogen and oxygen atoms in total. The lowest BCUT2D eigenvalue weighted by atomic mass is 10.0. The van der Waals surface area contributed by atoms with Crippen LogP contribution >= 0.6 is 15.9 Å². The molecule has 2 rings (SSSR count). The van der Waals surface area contributed by atoms with Crippen LogP contribution in [0.1, 0.15) is 31.8 Å². The van der Waals surface area contributed by atoms with Gasteiger partial charge in [-0.25, -0.2) is 14.0 Å². The Morgan fingerprint density at radius 1 is 1.00 bits per heavy atom. The van der Waals surface area contributed by atoms with Crippen molar-refractivity contribution >= 4 is 27.9 Å². The van der Waals surface area contributed by atoms with Crippen LogP contribution in [0, 0.1) is 12.7 Å². The number of alkyl halides is 3. The van der Waals surface area contributed by atoms with E-state index in [-0.39, 0.29) is 16.7 Å². The molecule has 2 N–H and O–H groups in total. The summed E-state index contributed by atoms with van der Waals surface area (Å²) in [6.45, 7) is 1.47. The van der Waals surface area contributed by atoms with Gasteiger partial charge in [-0.15, -0.1) is 0 Å². The topological polar surface area (TPSA) is 74.6 Å². The second-order valence-electron chi connectivity index (χ2n) is 4.68. The van der Waals surface area contributed by atoms with Crippen LogP contribution in [0.5, 0.6) is 0 Å². The van der Waals surface area contributed by atoms with Gasteiger partial charge in [0.15, 0.2) is 0 Å². The van der Waals surface area contributed by atoms with E-state index in [1.165, 1.54) is 25.1 Å². The molecular weight excluding hydrogens is 412 g/mol. The van der Waals surface area contributed by atoms with E-state index in [2.05, 4.69) is 15.9 Å². The summed E-state index contributed by atoms with van der Waals surface area (Å²) in [5, 5.41) is 17.6. The fraction of sp³-hybridized carbons (Fsp3) is 0.125. The van der Waals surface area contributed by atoms with Gasteiger partial charge in [0.05, 0.1) is 16.7 Å². The Labute approximate surface area is 147 Å². The summed E-state index contributed by atoms with van der Waals surface area (Å²) in [4.78, 5) is 21.5. The number of hydrogen-bond donors (Lipinski definition) is 2. The first-order valence-electron chi connectivity index (χ1n) is 6.54. The molecule has 0 aliphatic rings. The van der Waals surface area contributed by atoms with Gasteiger partial charge >= 0.3 is 18.1 Å². The molecule has 25 heavy (non-hydrogen) atoms. The normalized spacial score (nSPS) is 10.6. The second-order valence-corrected chi connectivity index (χ2v) is 5.54. The summed E-state index contributed by atoms with van der Waals surface area (Å²) < 4.78 is 48.2. The number of rotatable bonds is 2. The Morgan fingerprint density at radius 3 is 1.96 bits per heavy atom. The van der Waals surface area contributed by atoms with Crippen molar-refractivity contribution in [2.24, 2.45) is 0 Å². The number of aromatic carboxylic acids is 2. The van der Waals surface area contributed by atoms with Crippen LogP contribution in [0.25, 0.3) is 0 Å². The van der Waals surface area contributed by atoms with E-state index in [4.69, 9.17) is 10.2 Å².